The van der Waals surface area contributed by atoms with Gasteiger partial charge in [-0.1, -0.05) is 6.07 Å². The van der Waals surface area contributed by atoms with Crippen molar-refractivity contribution in [1.82, 2.24) is 14.8 Å². The lowest BCUT2D eigenvalue weighted by molar-refractivity contribution is 0.414. The summed E-state index contributed by atoms with van der Waals surface area (Å²) >= 11 is 0. The normalized spacial score (nSPS) is 11.6. The number of methoxy groups -OCH3 is 1. The molecule has 0 fully saturated rings. The molecule has 0 bridgehead atoms. The smallest absolute Gasteiger partial charge is 0.280 e. The van der Waals surface area contributed by atoms with Crippen LogP contribution in [0.4, 0.5) is 5.82 Å². The molecule has 1 aromatic carbocycles. The summed E-state index contributed by atoms with van der Waals surface area (Å²) in [5.74, 6) is 1.33. The fourth-order valence-corrected chi connectivity index (χ4v) is 2.70. The molecule has 2 heterocycles. The summed E-state index contributed by atoms with van der Waals surface area (Å²) in [5.41, 5.74) is 3.42. The van der Waals surface area contributed by atoms with Gasteiger partial charge in [0.05, 0.1) is 24.1 Å². The Morgan fingerprint density at radius 3 is 2.52 bits per heavy atom. The summed E-state index contributed by atoms with van der Waals surface area (Å²) in [6.07, 6.45) is 0. The van der Waals surface area contributed by atoms with Gasteiger partial charge in [-0.2, -0.15) is 0 Å². The highest BCUT2D eigenvalue weighted by Crippen LogP contribution is 2.15. The maximum Gasteiger partial charge on any atom is 0.280 e. The van der Waals surface area contributed by atoms with E-state index in [-0.39, 0.29) is 5.56 Å². The number of hydrogen-bond donors (Lipinski definition) is 1. The van der Waals surface area contributed by atoms with E-state index < -0.39 is 0 Å². The number of H-pyrrole nitrogens is 1. The molecule has 3 rings (SSSR count). The van der Waals surface area contributed by atoms with Crippen LogP contribution in [0.15, 0.2) is 52.3 Å². The third-order valence-electron chi connectivity index (χ3n) is 3.92. The summed E-state index contributed by atoms with van der Waals surface area (Å²) in [4.78, 5) is 21.7. The van der Waals surface area contributed by atoms with Crippen molar-refractivity contribution in [3.63, 3.8) is 0 Å². The van der Waals surface area contributed by atoms with Crippen molar-refractivity contribution in [2.75, 3.05) is 7.11 Å². The van der Waals surface area contributed by atoms with Crippen LogP contribution in [0, 0.1) is 13.8 Å². The first-order valence-corrected chi connectivity index (χ1v) is 7.95. The number of hydrogen-bond acceptors (Lipinski definition) is 4. The number of rotatable bonds is 4. The minimum Gasteiger partial charge on any atom is -0.497 e. The average molecular weight is 336 g/mol. The zero-order chi connectivity index (χ0) is 18.0. The van der Waals surface area contributed by atoms with Crippen molar-refractivity contribution in [2.45, 2.75) is 20.8 Å². The minimum absolute atomic E-state index is 0.142. The fraction of sp³-hybridized carbons (Fsp3) is 0.211. The Morgan fingerprint density at radius 1 is 1.16 bits per heavy atom. The molecule has 128 valence electrons. The number of aryl methyl sites for hydroxylation is 2. The van der Waals surface area contributed by atoms with Crippen molar-refractivity contribution < 1.29 is 4.74 Å². The topological polar surface area (TPSA) is 72.3 Å². The standard InChI is InChI=1S/C19H20N4O2/c1-12-6-5-7-17(20-12)21-13(2)18-14(3)22-23(19(18)24)15-8-10-16(25-4)11-9-15/h5-11,22H,1-4H3/b21-13-. The molecule has 0 unspecified atom stereocenters. The highest BCUT2D eigenvalue weighted by atomic mass is 16.5. The quantitative estimate of drug-likeness (QED) is 0.743. The lowest BCUT2D eigenvalue weighted by Crippen LogP contribution is -2.19. The molecule has 0 atom stereocenters. The zero-order valence-corrected chi connectivity index (χ0v) is 14.7. The van der Waals surface area contributed by atoms with E-state index in [1.54, 1.807) is 7.11 Å². The number of aliphatic imine (C=N–C) groups is 1. The summed E-state index contributed by atoms with van der Waals surface area (Å²) in [7, 11) is 1.61. The van der Waals surface area contributed by atoms with E-state index in [4.69, 9.17) is 4.74 Å². The summed E-state index contributed by atoms with van der Waals surface area (Å²) in [5, 5.41) is 3.11. The van der Waals surface area contributed by atoms with Crippen molar-refractivity contribution in [2.24, 2.45) is 4.99 Å². The predicted molar refractivity (Wildman–Crippen MR) is 98.5 cm³/mol. The van der Waals surface area contributed by atoms with Crippen molar-refractivity contribution >= 4 is 11.5 Å². The van der Waals surface area contributed by atoms with Crippen LogP contribution in [-0.4, -0.2) is 27.6 Å². The van der Waals surface area contributed by atoms with Gasteiger partial charge in [-0.15, -0.1) is 0 Å². The third kappa shape index (κ3) is 3.38. The zero-order valence-electron chi connectivity index (χ0n) is 14.7. The van der Waals surface area contributed by atoms with Crippen LogP contribution in [-0.2, 0) is 0 Å². The molecular weight excluding hydrogens is 316 g/mol. The highest BCUT2D eigenvalue weighted by Gasteiger charge is 2.15. The molecule has 0 saturated carbocycles. The van der Waals surface area contributed by atoms with E-state index in [1.165, 1.54) is 4.68 Å². The number of benzene rings is 1. The SMILES string of the molecule is COc1ccc(-n2[nH]c(C)c(/C(C)=N\c3cccc(C)n3)c2=O)cc1. The molecule has 0 radical (unpaired) electrons. The molecule has 0 amide bonds. The van der Waals surface area contributed by atoms with Gasteiger partial charge in [0.2, 0.25) is 0 Å². The second kappa shape index (κ2) is 6.76. The molecular formula is C19H20N4O2. The Morgan fingerprint density at radius 2 is 1.88 bits per heavy atom. The largest absolute Gasteiger partial charge is 0.497 e. The molecule has 0 aliphatic carbocycles. The fourth-order valence-electron chi connectivity index (χ4n) is 2.70. The Kier molecular flexibility index (Phi) is 4.52. The van der Waals surface area contributed by atoms with Gasteiger partial charge in [-0.05, 0) is 57.2 Å². The van der Waals surface area contributed by atoms with Gasteiger partial charge >= 0.3 is 0 Å². The minimum atomic E-state index is -0.142. The van der Waals surface area contributed by atoms with Crippen LogP contribution in [0.25, 0.3) is 5.69 Å². The van der Waals surface area contributed by atoms with Gasteiger partial charge in [0.15, 0.2) is 5.82 Å². The maximum absolute atomic E-state index is 12.8. The van der Waals surface area contributed by atoms with Crippen molar-refractivity contribution in [3.8, 4) is 11.4 Å². The Labute approximate surface area is 145 Å². The number of pyridine rings is 1. The molecule has 6 nitrogen and oxygen atoms in total. The van der Waals surface area contributed by atoms with E-state index >= 15 is 0 Å². The van der Waals surface area contributed by atoms with E-state index in [2.05, 4.69) is 15.1 Å². The molecule has 0 aliphatic rings. The van der Waals surface area contributed by atoms with Gasteiger partial charge < -0.3 is 4.74 Å². The highest BCUT2D eigenvalue weighted by molar-refractivity contribution is 6.00. The first kappa shape index (κ1) is 16.7. The molecule has 2 aromatic heterocycles. The molecule has 0 saturated heterocycles. The van der Waals surface area contributed by atoms with E-state index in [0.717, 1.165) is 22.8 Å². The second-order valence-corrected chi connectivity index (χ2v) is 5.78. The average Bonchev–Trinajstić information content (AvgIpc) is 2.89. The number of nitrogens with one attached hydrogen (secondary N) is 1. The van der Waals surface area contributed by atoms with E-state index in [0.29, 0.717) is 17.1 Å². The molecule has 0 aliphatic heterocycles. The summed E-state index contributed by atoms with van der Waals surface area (Å²) in [6.45, 7) is 5.59. The van der Waals surface area contributed by atoms with Gasteiger partial charge in [-0.25, -0.2) is 14.7 Å². The predicted octanol–water partition coefficient (Wildman–Crippen LogP) is 3.33. The van der Waals surface area contributed by atoms with E-state index in [9.17, 15) is 4.79 Å². The van der Waals surface area contributed by atoms with Gasteiger partial charge in [0.1, 0.15) is 5.75 Å². The van der Waals surface area contributed by atoms with Crippen molar-refractivity contribution in [1.29, 1.82) is 0 Å². The third-order valence-corrected chi connectivity index (χ3v) is 3.92. The van der Waals surface area contributed by atoms with Crippen LogP contribution in [0.1, 0.15) is 23.9 Å². The molecule has 0 spiro atoms. The number of ether oxygens (including phenoxy) is 1. The van der Waals surface area contributed by atoms with Crippen LogP contribution in [0.3, 0.4) is 0 Å². The number of aromatic amines is 1. The van der Waals surface area contributed by atoms with Crippen LogP contribution in [0.2, 0.25) is 0 Å². The van der Waals surface area contributed by atoms with Crippen molar-refractivity contribution in [3.05, 3.63) is 69.8 Å². The monoisotopic (exact) mass is 336 g/mol. The molecule has 3 aromatic rings. The maximum atomic E-state index is 12.8. The number of aromatic nitrogens is 3. The van der Waals surface area contributed by atoms with Gasteiger partial charge in [-0.3, -0.25) is 9.89 Å². The van der Waals surface area contributed by atoms with E-state index in [1.807, 2.05) is 63.2 Å². The lowest BCUT2D eigenvalue weighted by Gasteiger charge is -2.03. The molecule has 1 N–H and O–H groups in total. The summed E-state index contributed by atoms with van der Waals surface area (Å²) in [6, 6.07) is 12.9. The molecule has 25 heavy (non-hydrogen) atoms. The lowest BCUT2D eigenvalue weighted by atomic mass is 10.2. The molecule has 6 heteroatoms. The van der Waals surface area contributed by atoms with Crippen LogP contribution in [0.5, 0.6) is 5.75 Å². The Bertz CT molecular complexity index is 981. The first-order chi connectivity index (χ1) is 12.0. The van der Waals surface area contributed by atoms with Gasteiger partial charge in [0, 0.05) is 11.4 Å². The summed E-state index contributed by atoms with van der Waals surface area (Å²) < 4.78 is 6.66. The second-order valence-electron chi connectivity index (χ2n) is 5.78. The Balaban J connectivity index is 2.03. The van der Waals surface area contributed by atoms with Crippen LogP contribution < -0.4 is 10.3 Å². The van der Waals surface area contributed by atoms with Gasteiger partial charge in [0.25, 0.3) is 5.56 Å². The Hall–Kier alpha value is -3.15. The van der Waals surface area contributed by atoms with Crippen LogP contribution >= 0.6 is 0 Å². The first-order valence-electron chi connectivity index (χ1n) is 7.95. The number of nitrogens with zero attached hydrogens (tertiary/aromatic N) is 3.